The highest BCUT2D eigenvalue weighted by Crippen LogP contribution is 2.33. The van der Waals surface area contributed by atoms with E-state index in [-0.39, 0.29) is 18.2 Å². The second-order valence-corrected chi connectivity index (χ2v) is 7.81. The molecule has 3 rings (SSSR count). The Balaban J connectivity index is 1.72. The molecular formula is C26H27N7O4. The first kappa shape index (κ1) is 26.7. The summed E-state index contributed by atoms with van der Waals surface area (Å²) in [5.41, 5.74) is 4.51. The molecule has 0 spiro atoms. The number of benzene rings is 2. The average molecular weight is 502 g/mol. The fourth-order valence-electron chi connectivity index (χ4n) is 3.28. The van der Waals surface area contributed by atoms with Crippen molar-refractivity contribution in [2.75, 3.05) is 25.7 Å². The Bertz CT molecular complexity index is 1240. The summed E-state index contributed by atoms with van der Waals surface area (Å²) in [5.74, 6) is 1.29. The molecule has 1 N–H and O–H groups in total. The third kappa shape index (κ3) is 7.80. The first-order chi connectivity index (χ1) is 18.1. The van der Waals surface area contributed by atoms with Crippen molar-refractivity contribution in [1.29, 1.82) is 10.5 Å². The van der Waals surface area contributed by atoms with Gasteiger partial charge in [0.25, 0.3) is 5.91 Å². The second-order valence-electron chi connectivity index (χ2n) is 7.81. The minimum absolute atomic E-state index is 0.168. The van der Waals surface area contributed by atoms with Crippen LogP contribution in [0.15, 0.2) is 57.8 Å². The van der Waals surface area contributed by atoms with Gasteiger partial charge in [0.2, 0.25) is 5.71 Å². The predicted octanol–water partition coefficient (Wildman–Crippen LogP) is 4.43. The number of hydrogen-bond acceptors (Lipinski definition) is 10. The highest BCUT2D eigenvalue weighted by molar-refractivity contribution is 6.10. The molecule has 1 amide bonds. The quantitative estimate of drug-likeness (QED) is 0.354. The molecule has 0 aromatic heterocycles. The summed E-state index contributed by atoms with van der Waals surface area (Å²) in [4.78, 5) is 17.6. The van der Waals surface area contributed by atoms with E-state index in [2.05, 4.69) is 20.8 Å². The smallest absolute Gasteiger partial charge is 0.283 e. The molecule has 0 atom stereocenters. The first-order valence-electron chi connectivity index (χ1n) is 11.7. The molecule has 1 heterocycles. The lowest BCUT2D eigenvalue weighted by Crippen LogP contribution is -2.34. The van der Waals surface area contributed by atoms with Gasteiger partial charge in [0, 0.05) is 18.3 Å². The maximum atomic E-state index is 12.5. The fraction of sp³-hybridized carbons (Fsp3) is 0.308. The van der Waals surface area contributed by atoms with E-state index in [0.717, 1.165) is 30.5 Å². The van der Waals surface area contributed by atoms with Crippen LogP contribution in [0.25, 0.3) is 0 Å². The average Bonchev–Trinajstić information content (AvgIpc) is 2.94. The van der Waals surface area contributed by atoms with E-state index in [1.807, 2.05) is 19.1 Å². The number of carbonyl (C=O) groups excluding carboxylic acids is 1. The number of nitrogens with one attached hydrogen (secondary N) is 1. The third-order valence-electron chi connectivity index (χ3n) is 5.16. The number of ether oxygens (including phenoxy) is 2. The number of nitriles is 2. The number of unbranched alkanes of at least 4 members (excludes halogenated alkanes) is 1. The van der Waals surface area contributed by atoms with Crippen molar-refractivity contribution in [3.05, 3.63) is 48.0 Å². The van der Waals surface area contributed by atoms with E-state index < -0.39 is 0 Å². The molecule has 2 aromatic carbocycles. The SMILES string of the molecule is CCC/C=N/OCC(=O)N1CCCC(c2ccc(OC)c(Oc3ccc(NN=C(C#N)C#N)cc3)c2)=N1. The molecule has 0 aliphatic carbocycles. The van der Waals surface area contributed by atoms with Crippen molar-refractivity contribution < 1.29 is 19.1 Å². The molecular weight excluding hydrogens is 474 g/mol. The number of methoxy groups -OCH3 is 1. The lowest BCUT2D eigenvalue weighted by molar-refractivity contribution is -0.136. The second kappa shape index (κ2) is 13.9. The minimum Gasteiger partial charge on any atom is -0.493 e. The van der Waals surface area contributed by atoms with Crippen molar-refractivity contribution in [1.82, 2.24) is 5.01 Å². The predicted molar refractivity (Wildman–Crippen MR) is 139 cm³/mol. The molecule has 0 bridgehead atoms. The summed E-state index contributed by atoms with van der Waals surface area (Å²) < 4.78 is 11.5. The van der Waals surface area contributed by atoms with Crippen LogP contribution in [-0.2, 0) is 9.63 Å². The number of nitrogens with zero attached hydrogens (tertiary/aromatic N) is 6. The van der Waals surface area contributed by atoms with E-state index in [0.29, 0.717) is 35.9 Å². The Kier molecular flexibility index (Phi) is 10.00. The van der Waals surface area contributed by atoms with Gasteiger partial charge in [0.15, 0.2) is 18.1 Å². The van der Waals surface area contributed by atoms with Gasteiger partial charge in [-0.25, -0.2) is 5.01 Å². The largest absolute Gasteiger partial charge is 0.493 e. The Hall–Kier alpha value is -4.90. The van der Waals surface area contributed by atoms with Gasteiger partial charge in [-0.1, -0.05) is 18.5 Å². The minimum atomic E-state index is -0.277. The zero-order valence-corrected chi connectivity index (χ0v) is 20.7. The zero-order chi connectivity index (χ0) is 26.5. The molecule has 0 saturated heterocycles. The van der Waals surface area contributed by atoms with E-state index in [1.165, 1.54) is 5.01 Å². The number of amides is 1. The molecule has 190 valence electrons. The van der Waals surface area contributed by atoms with Gasteiger partial charge >= 0.3 is 0 Å². The van der Waals surface area contributed by atoms with Crippen LogP contribution in [0, 0.1) is 22.7 Å². The number of hydrazone groups is 2. The lowest BCUT2D eigenvalue weighted by Gasteiger charge is -2.23. The summed E-state index contributed by atoms with van der Waals surface area (Å²) >= 11 is 0. The van der Waals surface area contributed by atoms with Crippen LogP contribution in [0.3, 0.4) is 0 Å². The van der Waals surface area contributed by atoms with E-state index in [1.54, 1.807) is 55.8 Å². The number of hydrogen-bond donors (Lipinski definition) is 1. The summed E-state index contributed by atoms with van der Waals surface area (Å²) in [5, 5.41) is 31.0. The van der Waals surface area contributed by atoms with Gasteiger partial charge in [-0.15, -0.1) is 0 Å². The Morgan fingerprint density at radius 2 is 1.97 bits per heavy atom. The summed E-state index contributed by atoms with van der Waals surface area (Å²) in [6.45, 7) is 2.38. The molecule has 0 saturated carbocycles. The van der Waals surface area contributed by atoms with Crippen LogP contribution >= 0.6 is 0 Å². The molecule has 1 aliphatic heterocycles. The fourth-order valence-corrected chi connectivity index (χ4v) is 3.28. The normalized spacial score (nSPS) is 12.6. The monoisotopic (exact) mass is 501 g/mol. The molecule has 11 nitrogen and oxygen atoms in total. The van der Waals surface area contributed by atoms with Gasteiger partial charge in [-0.3, -0.25) is 10.2 Å². The van der Waals surface area contributed by atoms with Gasteiger partial charge < -0.3 is 14.3 Å². The topological polar surface area (TPSA) is 145 Å². The molecule has 0 radical (unpaired) electrons. The molecule has 0 fully saturated rings. The van der Waals surface area contributed by atoms with E-state index >= 15 is 0 Å². The highest BCUT2D eigenvalue weighted by Gasteiger charge is 2.21. The molecule has 0 unspecified atom stereocenters. The van der Waals surface area contributed by atoms with Crippen LogP contribution in [-0.4, -0.2) is 48.8 Å². The molecule has 37 heavy (non-hydrogen) atoms. The third-order valence-corrected chi connectivity index (χ3v) is 5.16. The Labute approximate surface area is 215 Å². The summed E-state index contributed by atoms with van der Waals surface area (Å²) in [7, 11) is 1.55. The number of anilines is 1. The number of rotatable bonds is 11. The van der Waals surface area contributed by atoms with Gasteiger partial charge in [0.1, 0.15) is 17.9 Å². The molecule has 11 heteroatoms. The molecule has 1 aliphatic rings. The highest BCUT2D eigenvalue weighted by atomic mass is 16.6. The maximum Gasteiger partial charge on any atom is 0.283 e. The van der Waals surface area contributed by atoms with Crippen LogP contribution in [0.5, 0.6) is 17.2 Å². The molecule has 2 aromatic rings. The van der Waals surface area contributed by atoms with Gasteiger partial charge in [-0.2, -0.15) is 20.7 Å². The van der Waals surface area contributed by atoms with Gasteiger partial charge in [0.05, 0.1) is 18.5 Å². The van der Waals surface area contributed by atoms with Crippen molar-refractivity contribution in [3.63, 3.8) is 0 Å². The summed E-state index contributed by atoms with van der Waals surface area (Å²) in [6, 6.07) is 15.7. The van der Waals surface area contributed by atoms with Crippen LogP contribution in [0.2, 0.25) is 0 Å². The Morgan fingerprint density at radius 1 is 1.19 bits per heavy atom. The van der Waals surface area contributed by atoms with Crippen molar-refractivity contribution in [3.8, 4) is 29.4 Å². The standard InChI is InChI=1S/C26H27N7O4/c1-3-4-13-29-36-18-26(34)33-14-5-6-23(32-33)19-7-12-24(35-2)25(15-19)37-22-10-8-20(9-11-22)30-31-21(16-27)17-28/h7-13,15,30H,3-6,14,18H2,1-2H3/b29-13+. The Morgan fingerprint density at radius 3 is 2.68 bits per heavy atom. The number of carbonyl (C=O) groups is 1. The lowest BCUT2D eigenvalue weighted by atomic mass is 10.0. The first-order valence-corrected chi connectivity index (χ1v) is 11.7. The number of oxime groups is 1. The van der Waals surface area contributed by atoms with Crippen molar-refractivity contribution in [2.24, 2.45) is 15.4 Å². The van der Waals surface area contributed by atoms with Crippen LogP contribution < -0.4 is 14.9 Å². The summed E-state index contributed by atoms with van der Waals surface area (Å²) in [6.07, 6.45) is 4.87. The maximum absolute atomic E-state index is 12.5. The van der Waals surface area contributed by atoms with Crippen molar-refractivity contribution in [2.45, 2.75) is 32.6 Å². The van der Waals surface area contributed by atoms with Gasteiger partial charge in [-0.05, 0) is 61.7 Å². The van der Waals surface area contributed by atoms with Crippen LogP contribution in [0.4, 0.5) is 5.69 Å². The van der Waals surface area contributed by atoms with Crippen molar-refractivity contribution >= 4 is 29.2 Å². The zero-order valence-electron chi connectivity index (χ0n) is 20.7. The van der Waals surface area contributed by atoms with E-state index in [9.17, 15) is 4.79 Å². The van der Waals surface area contributed by atoms with Crippen LogP contribution in [0.1, 0.15) is 38.2 Å². The van der Waals surface area contributed by atoms with E-state index in [4.69, 9.17) is 24.8 Å².